The third-order valence-electron chi connectivity index (χ3n) is 4.75. The summed E-state index contributed by atoms with van der Waals surface area (Å²) in [6.45, 7) is 2.71. The molecule has 2 heterocycles. The molecule has 0 aliphatic heterocycles. The minimum Gasteiger partial charge on any atom is -0.493 e. The molecule has 30 heavy (non-hydrogen) atoms. The van der Waals surface area contributed by atoms with Crippen LogP contribution < -0.4 is 15.2 Å². The van der Waals surface area contributed by atoms with E-state index in [1.807, 2.05) is 49.4 Å². The number of ether oxygens (including phenoxy) is 2. The van der Waals surface area contributed by atoms with Crippen molar-refractivity contribution in [1.82, 2.24) is 19.7 Å². The molecule has 0 amide bonds. The maximum Gasteiger partial charge on any atom is 0.326 e. The number of fused-ring (bicyclic) bond motifs is 1. The zero-order valence-corrected chi connectivity index (χ0v) is 17.0. The number of imidazole rings is 1. The van der Waals surface area contributed by atoms with E-state index in [4.69, 9.17) is 14.0 Å². The molecule has 0 atom stereocenters. The van der Waals surface area contributed by atoms with Gasteiger partial charge in [-0.2, -0.15) is 4.98 Å². The maximum atomic E-state index is 12.1. The molecule has 1 N–H and O–H groups in total. The Morgan fingerprint density at radius 2 is 1.93 bits per heavy atom. The minimum absolute atomic E-state index is 0.115. The van der Waals surface area contributed by atoms with Crippen molar-refractivity contribution in [2.45, 2.75) is 19.9 Å². The van der Waals surface area contributed by atoms with Gasteiger partial charge in [-0.3, -0.25) is 4.57 Å². The normalized spacial score (nSPS) is 11.4. The van der Waals surface area contributed by atoms with Crippen LogP contribution in [0.1, 0.15) is 24.8 Å². The number of aryl methyl sites for hydroxylation is 1. The van der Waals surface area contributed by atoms with Crippen molar-refractivity contribution < 1.29 is 14.0 Å². The molecule has 0 fully saturated rings. The number of nitrogens with zero attached hydrogens (tertiary/aromatic N) is 3. The van der Waals surface area contributed by atoms with E-state index in [1.54, 1.807) is 24.9 Å². The lowest BCUT2D eigenvalue weighted by Crippen LogP contribution is -2.16. The van der Waals surface area contributed by atoms with E-state index in [0.717, 1.165) is 28.6 Å². The molecule has 8 nitrogen and oxygen atoms in total. The number of hydrogen-bond acceptors (Lipinski definition) is 6. The Hall–Kier alpha value is -3.81. The van der Waals surface area contributed by atoms with Gasteiger partial charge in [-0.05, 0) is 48.4 Å². The van der Waals surface area contributed by atoms with Crippen molar-refractivity contribution in [3.63, 3.8) is 0 Å². The average Bonchev–Trinajstić information content (AvgIpc) is 3.36. The van der Waals surface area contributed by atoms with E-state index < -0.39 is 0 Å². The summed E-state index contributed by atoms with van der Waals surface area (Å²) in [7, 11) is 3.19. The summed E-state index contributed by atoms with van der Waals surface area (Å²) in [5, 5.41) is 4.05. The third-order valence-corrected chi connectivity index (χ3v) is 4.75. The Labute approximate surface area is 172 Å². The maximum absolute atomic E-state index is 12.1. The van der Waals surface area contributed by atoms with Crippen molar-refractivity contribution in [2.24, 2.45) is 0 Å². The molecule has 4 aromatic rings. The number of nitrogens with one attached hydrogen (secondary N) is 1. The highest BCUT2D eigenvalue weighted by molar-refractivity contribution is 5.80. The molecule has 0 bridgehead atoms. The van der Waals surface area contributed by atoms with Gasteiger partial charge in [0.25, 0.3) is 5.89 Å². The van der Waals surface area contributed by atoms with E-state index in [0.29, 0.717) is 29.8 Å². The quantitative estimate of drug-likeness (QED) is 0.499. The Kier molecular flexibility index (Phi) is 5.38. The fourth-order valence-corrected chi connectivity index (χ4v) is 3.29. The molecule has 0 saturated carbocycles. The van der Waals surface area contributed by atoms with E-state index >= 15 is 0 Å². The van der Waals surface area contributed by atoms with E-state index in [-0.39, 0.29) is 5.69 Å². The molecule has 0 aliphatic rings. The number of aromatic amines is 1. The summed E-state index contributed by atoms with van der Waals surface area (Å²) in [6.07, 6.45) is 4.47. The van der Waals surface area contributed by atoms with Crippen LogP contribution in [0.4, 0.5) is 0 Å². The summed E-state index contributed by atoms with van der Waals surface area (Å²) in [6, 6.07) is 11.2. The summed E-state index contributed by atoms with van der Waals surface area (Å²) >= 11 is 0. The molecule has 0 aliphatic carbocycles. The highest BCUT2D eigenvalue weighted by atomic mass is 16.5. The van der Waals surface area contributed by atoms with Gasteiger partial charge in [0.2, 0.25) is 5.82 Å². The van der Waals surface area contributed by atoms with Crippen LogP contribution in [-0.2, 0) is 6.54 Å². The van der Waals surface area contributed by atoms with Crippen LogP contribution in [0.2, 0.25) is 0 Å². The summed E-state index contributed by atoms with van der Waals surface area (Å²) < 4.78 is 17.6. The smallest absolute Gasteiger partial charge is 0.326 e. The zero-order valence-electron chi connectivity index (χ0n) is 17.0. The fourth-order valence-electron chi connectivity index (χ4n) is 3.29. The monoisotopic (exact) mass is 406 g/mol. The molecular weight excluding hydrogens is 384 g/mol. The highest BCUT2D eigenvalue weighted by Crippen LogP contribution is 2.28. The molecule has 0 radical (unpaired) electrons. The standard InChI is InChI=1S/C22H22N4O4/c1-4-11-26-17-8-7-15(13-16(17)23-22(26)27)21-24-20(30-25-21)10-6-14-5-9-18(28-2)19(12-14)29-3/h5-10,12-13H,4,11H2,1-3H3,(H,23,27). The van der Waals surface area contributed by atoms with Gasteiger partial charge < -0.3 is 19.0 Å². The van der Waals surface area contributed by atoms with Gasteiger partial charge in [0.05, 0.1) is 25.3 Å². The lowest BCUT2D eigenvalue weighted by atomic mass is 10.2. The minimum atomic E-state index is -0.115. The van der Waals surface area contributed by atoms with Gasteiger partial charge in [0.1, 0.15) is 0 Å². The second-order valence-electron chi connectivity index (χ2n) is 6.72. The first-order valence-corrected chi connectivity index (χ1v) is 9.59. The first kappa shape index (κ1) is 19.5. The van der Waals surface area contributed by atoms with Crippen LogP contribution in [-0.4, -0.2) is 33.9 Å². The largest absolute Gasteiger partial charge is 0.493 e. The summed E-state index contributed by atoms with van der Waals surface area (Å²) in [5.74, 6) is 2.13. The van der Waals surface area contributed by atoms with Crippen molar-refractivity contribution in [1.29, 1.82) is 0 Å². The number of H-pyrrole nitrogens is 1. The molecule has 4 rings (SSSR count). The predicted molar refractivity (Wildman–Crippen MR) is 115 cm³/mol. The zero-order chi connectivity index (χ0) is 21.1. The molecule has 0 saturated heterocycles. The van der Waals surface area contributed by atoms with Gasteiger partial charge in [0, 0.05) is 18.2 Å². The lowest BCUT2D eigenvalue weighted by molar-refractivity contribution is 0.355. The van der Waals surface area contributed by atoms with Crippen LogP contribution in [0.25, 0.3) is 34.6 Å². The molecule has 0 spiro atoms. The van der Waals surface area contributed by atoms with Crippen LogP contribution in [0, 0.1) is 0 Å². The van der Waals surface area contributed by atoms with Gasteiger partial charge in [-0.1, -0.05) is 18.1 Å². The van der Waals surface area contributed by atoms with Gasteiger partial charge in [-0.25, -0.2) is 4.79 Å². The molecule has 2 aromatic carbocycles. The van der Waals surface area contributed by atoms with Crippen molar-refractivity contribution in [2.75, 3.05) is 14.2 Å². The van der Waals surface area contributed by atoms with Gasteiger partial charge >= 0.3 is 5.69 Å². The van der Waals surface area contributed by atoms with Gasteiger partial charge in [0.15, 0.2) is 11.5 Å². The second kappa shape index (κ2) is 8.28. The summed E-state index contributed by atoms with van der Waals surface area (Å²) in [4.78, 5) is 19.4. The first-order valence-electron chi connectivity index (χ1n) is 9.59. The number of rotatable bonds is 7. The molecule has 154 valence electrons. The average molecular weight is 406 g/mol. The molecule has 0 unspecified atom stereocenters. The van der Waals surface area contributed by atoms with Crippen molar-refractivity contribution in [3.05, 3.63) is 58.3 Å². The number of methoxy groups -OCH3 is 2. The Balaban J connectivity index is 1.58. The second-order valence-corrected chi connectivity index (χ2v) is 6.72. The predicted octanol–water partition coefficient (Wildman–Crippen LogP) is 3.98. The SMILES string of the molecule is CCCn1c(=O)[nH]c2cc(-c3noc(C=Cc4ccc(OC)c(OC)c4)n3)ccc21. The van der Waals surface area contributed by atoms with Gasteiger partial charge in [-0.15, -0.1) is 0 Å². The van der Waals surface area contributed by atoms with Crippen LogP contribution in [0.15, 0.2) is 45.7 Å². The number of benzene rings is 2. The lowest BCUT2D eigenvalue weighted by Gasteiger charge is -2.07. The van der Waals surface area contributed by atoms with Crippen molar-refractivity contribution in [3.8, 4) is 22.9 Å². The fraction of sp³-hybridized carbons (Fsp3) is 0.227. The van der Waals surface area contributed by atoms with Crippen LogP contribution in [0.5, 0.6) is 11.5 Å². The Morgan fingerprint density at radius 3 is 2.70 bits per heavy atom. The molecule has 8 heteroatoms. The van der Waals surface area contributed by atoms with Crippen LogP contribution in [0.3, 0.4) is 0 Å². The van der Waals surface area contributed by atoms with E-state index in [2.05, 4.69) is 15.1 Å². The van der Waals surface area contributed by atoms with E-state index in [9.17, 15) is 4.79 Å². The topological polar surface area (TPSA) is 95.2 Å². The first-order chi connectivity index (χ1) is 14.6. The Bertz CT molecular complexity index is 1270. The Morgan fingerprint density at radius 1 is 1.10 bits per heavy atom. The third kappa shape index (κ3) is 3.71. The molecular formula is C22H22N4O4. The van der Waals surface area contributed by atoms with Crippen molar-refractivity contribution >= 4 is 23.2 Å². The summed E-state index contributed by atoms with van der Waals surface area (Å²) in [5.41, 5.74) is 3.17. The number of hydrogen-bond donors (Lipinski definition) is 1. The van der Waals surface area contributed by atoms with E-state index in [1.165, 1.54) is 0 Å². The highest BCUT2D eigenvalue weighted by Gasteiger charge is 2.11. The molecule has 2 aromatic heterocycles. The van der Waals surface area contributed by atoms with Crippen LogP contribution >= 0.6 is 0 Å². The number of aromatic nitrogens is 4.